The molecule has 0 saturated carbocycles. The van der Waals surface area contributed by atoms with E-state index < -0.39 is 0 Å². The van der Waals surface area contributed by atoms with E-state index in [2.05, 4.69) is 32.6 Å². The first-order chi connectivity index (χ1) is 11.7. The Morgan fingerprint density at radius 2 is 1.62 bits per heavy atom. The molecule has 1 amide bonds. The minimum Gasteiger partial charge on any atom is -0.330 e. The average molecular weight is 429 g/mol. The highest BCUT2D eigenvalue weighted by Crippen LogP contribution is 2.18. The van der Waals surface area contributed by atoms with Gasteiger partial charge in [-0.3, -0.25) is 14.8 Å². The van der Waals surface area contributed by atoms with Gasteiger partial charge in [0.15, 0.2) is 0 Å². The zero-order chi connectivity index (χ0) is 16.8. The predicted molar refractivity (Wildman–Crippen MR) is 101 cm³/mol. The van der Waals surface area contributed by atoms with Gasteiger partial charge in [-0.1, -0.05) is 18.2 Å². The monoisotopic (exact) mass is 429 g/mol. The largest absolute Gasteiger partial charge is 0.330 e. The van der Waals surface area contributed by atoms with Gasteiger partial charge in [-0.15, -0.1) is 0 Å². The number of hydrogen-bond acceptors (Lipinski definition) is 3. The molecule has 1 aromatic carbocycles. The van der Waals surface area contributed by atoms with Crippen LogP contribution < -0.4 is 0 Å². The van der Waals surface area contributed by atoms with Gasteiger partial charge in [-0.05, 0) is 64.0 Å². The molecule has 0 atom stereocenters. The van der Waals surface area contributed by atoms with Crippen molar-refractivity contribution in [2.75, 3.05) is 0 Å². The number of rotatable bonds is 5. The number of halogens is 1. The second-order valence-corrected chi connectivity index (χ2v) is 6.52. The highest BCUT2D eigenvalue weighted by molar-refractivity contribution is 14.1. The van der Waals surface area contributed by atoms with E-state index in [1.165, 1.54) is 0 Å². The van der Waals surface area contributed by atoms with Crippen LogP contribution in [0.4, 0.5) is 0 Å². The molecule has 0 bridgehead atoms. The SMILES string of the molecule is O=C(c1ccccc1I)N(Cc1ccncc1)Cc1cccnc1. The van der Waals surface area contributed by atoms with Crippen molar-refractivity contribution in [1.29, 1.82) is 0 Å². The van der Waals surface area contributed by atoms with Crippen LogP contribution in [0.3, 0.4) is 0 Å². The topological polar surface area (TPSA) is 46.1 Å². The van der Waals surface area contributed by atoms with Gasteiger partial charge in [-0.25, -0.2) is 0 Å². The summed E-state index contributed by atoms with van der Waals surface area (Å²) >= 11 is 2.20. The normalized spacial score (nSPS) is 10.4. The standard InChI is InChI=1S/C19H16IN3O/c20-18-6-2-1-5-17(18)19(24)23(13-15-7-10-21-11-8-15)14-16-4-3-9-22-12-16/h1-12H,13-14H2. The maximum Gasteiger partial charge on any atom is 0.255 e. The maximum absolute atomic E-state index is 13.1. The minimum atomic E-state index is 0.0145. The van der Waals surface area contributed by atoms with E-state index in [1.54, 1.807) is 24.8 Å². The molecule has 2 aromatic heterocycles. The fourth-order valence-corrected chi connectivity index (χ4v) is 3.04. The summed E-state index contributed by atoms with van der Waals surface area (Å²) in [6, 6.07) is 15.4. The number of nitrogens with zero attached hydrogens (tertiary/aromatic N) is 3. The lowest BCUT2D eigenvalue weighted by molar-refractivity contribution is 0.0728. The van der Waals surface area contributed by atoms with Gasteiger partial charge in [0, 0.05) is 41.4 Å². The molecule has 0 N–H and O–H groups in total. The quantitative estimate of drug-likeness (QED) is 0.578. The number of carbonyl (C=O) groups is 1. The molecule has 0 fully saturated rings. The fourth-order valence-electron chi connectivity index (χ4n) is 2.43. The Hall–Kier alpha value is -2.28. The molecule has 0 spiro atoms. The van der Waals surface area contributed by atoms with Crippen LogP contribution in [0.2, 0.25) is 0 Å². The number of benzene rings is 1. The van der Waals surface area contributed by atoms with E-state index in [0.29, 0.717) is 13.1 Å². The minimum absolute atomic E-state index is 0.0145. The summed E-state index contributed by atoms with van der Waals surface area (Å²) in [6.07, 6.45) is 7.02. The van der Waals surface area contributed by atoms with Crippen LogP contribution in [-0.2, 0) is 13.1 Å². The number of carbonyl (C=O) groups excluding carboxylic acids is 1. The zero-order valence-corrected chi connectivity index (χ0v) is 15.1. The highest BCUT2D eigenvalue weighted by Gasteiger charge is 2.18. The van der Waals surface area contributed by atoms with E-state index in [9.17, 15) is 4.79 Å². The highest BCUT2D eigenvalue weighted by atomic mass is 127. The molecule has 0 saturated heterocycles. The molecule has 3 rings (SSSR count). The predicted octanol–water partition coefficient (Wildman–Crippen LogP) is 3.92. The van der Waals surface area contributed by atoms with Crippen LogP contribution in [0.25, 0.3) is 0 Å². The molecule has 120 valence electrons. The summed E-state index contributed by atoms with van der Waals surface area (Å²) in [6.45, 7) is 1.04. The molecule has 4 nitrogen and oxygen atoms in total. The van der Waals surface area contributed by atoms with Gasteiger partial charge in [0.25, 0.3) is 5.91 Å². The fraction of sp³-hybridized carbons (Fsp3) is 0.105. The van der Waals surface area contributed by atoms with Gasteiger partial charge in [0.1, 0.15) is 0 Å². The van der Waals surface area contributed by atoms with Crippen molar-refractivity contribution in [3.8, 4) is 0 Å². The number of pyridine rings is 2. The first-order valence-electron chi connectivity index (χ1n) is 7.55. The van der Waals surface area contributed by atoms with E-state index in [1.807, 2.05) is 53.4 Å². The lowest BCUT2D eigenvalue weighted by Crippen LogP contribution is -2.30. The van der Waals surface area contributed by atoms with E-state index in [0.717, 1.165) is 20.3 Å². The lowest BCUT2D eigenvalue weighted by Gasteiger charge is -2.23. The first kappa shape index (κ1) is 16.6. The molecule has 0 aliphatic carbocycles. The van der Waals surface area contributed by atoms with Crippen LogP contribution in [0.15, 0.2) is 73.3 Å². The molecular formula is C19H16IN3O. The van der Waals surface area contributed by atoms with Gasteiger partial charge < -0.3 is 4.90 Å². The summed E-state index contributed by atoms with van der Waals surface area (Å²) in [4.78, 5) is 23.1. The Morgan fingerprint density at radius 3 is 2.33 bits per heavy atom. The summed E-state index contributed by atoms with van der Waals surface area (Å²) in [5, 5.41) is 0. The third-order valence-electron chi connectivity index (χ3n) is 3.61. The van der Waals surface area contributed by atoms with Crippen molar-refractivity contribution >= 4 is 28.5 Å². The van der Waals surface area contributed by atoms with Gasteiger partial charge >= 0.3 is 0 Å². The molecule has 0 unspecified atom stereocenters. The van der Waals surface area contributed by atoms with Crippen LogP contribution in [0, 0.1) is 3.57 Å². The molecule has 0 aliphatic rings. The third-order valence-corrected chi connectivity index (χ3v) is 4.55. The summed E-state index contributed by atoms with van der Waals surface area (Å²) < 4.78 is 0.950. The third kappa shape index (κ3) is 4.17. The van der Waals surface area contributed by atoms with E-state index >= 15 is 0 Å². The van der Waals surface area contributed by atoms with Crippen LogP contribution in [-0.4, -0.2) is 20.8 Å². The van der Waals surface area contributed by atoms with Gasteiger partial charge in [0.05, 0.1) is 5.56 Å². The van der Waals surface area contributed by atoms with Crippen LogP contribution >= 0.6 is 22.6 Å². The number of aromatic nitrogens is 2. The van der Waals surface area contributed by atoms with Crippen molar-refractivity contribution in [3.63, 3.8) is 0 Å². The molecular weight excluding hydrogens is 413 g/mol. The van der Waals surface area contributed by atoms with Crippen molar-refractivity contribution in [2.24, 2.45) is 0 Å². The molecule has 2 heterocycles. The van der Waals surface area contributed by atoms with Crippen molar-refractivity contribution < 1.29 is 4.79 Å². The number of amides is 1. The molecule has 3 aromatic rings. The maximum atomic E-state index is 13.1. The van der Waals surface area contributed by atoms with Gasteiger partial charge in [0.2, 0.25) is 0 Å². The van der Waals surface area contributed by atoms with Crippen LogP contribution in [0.5, 0.6) is 0 Å². The lowest BCUT2D eigenvalue weighted by atomic mass is 10.1. The van der Waals surface area contributed by atoms with E-state index in [-0.39, 0.29) is 5.91 Å². The molecule has 24 heavy (non-hydrogen) atoms. The summed E-state index contributed by atoms with van der Waals surface area (Å²) in [5.41, 5.74) is 2.77. The summed E-state index contributed by atoms with van der Waals surface area (Å²) in [5.74, 6) is 0.0145. The molecule has 0 aliphatic heterocycles. The van der Waals surface area contributed by atoms with Crippen molar-refractivity contribution in [3.05, 3.63) is 93.6 Å². The second kappa shape index (κ2) is 8.01. The number of hydrogen-bond donors (Lipinski definition) is 0. The first-order valence-corrected chi connectivity index (χ1v) is 8.63. The Kier molecular flexibility index (Phi) is 5.53. The Morgan fingerprint density at radius 1 is 0.875 bits per heavy atom. The molecule has 0 radical (unpaired) electrons. The van der Waals surface area contributed by atoms with Crippen molar-refractivity contribution in [2.45, 2.75) is 13.1 Å². The smallest absolute Gasteiger partial charge is 0.255 e. The molecule has 5 heteroatoms. The van der Waals surface area contributed by atoms with Crippen LogP contribution in [0.1, 0.15) is 21.5 Å². The second-order valence-electron chi connectivity index (χ2n) is 5.36. The zero-order valence-electron chi connectivity index (χ0n) is 13.0. The van der Waals surface area contributed by atoms with Crippen molar-refractivity contribution in [1.82, 2.24) is 14.9 Å². The summed E-state index contributed by atoms with van der Waals surface area (Å²) in [7, 11) is 0. The Labute approximate surface area is 154 Å². The van der Waals surface area contributed by atoms with Gasteiger partial charge in [-0.2, -0.15) is 0 Å². The average Bonchev–Trinajstić information content (AvgIpc) is 2.63. The Bertz CT molecular complexity index is 768. The Balaban J connectivity index is 1.89. The van der Waals surface area contributed by atoms with E-state index in [4.69, 9.17) is 0 Å².